The van der Waals surface area contributed by atoms with Gasteiger partial charge >= 0.3 is 0 Å². The Hall–Kier alpha value is -3.55. The van der Waals surface area contributed by atoms with Crippen molar-refractivity contribution in [3.8, 4) is 0 Å². The van der Waals surface area contributed by atoms with Crippen LogP contribution in [0.1, 0.15) is 26.6 Å². The number of carbonyl (C=O) groups is 2. The van der Waals surface area contributed by atoms with E-state index in [9.17, 15) is 18.4 Å². The average molecular weight is 357 g/mol. The number of halogens is 2. The van der Waals surface area contributed by atoms with Gasteiger partial charge in [-0.2, -0.15) is 0 Å². The van der Waals surface area contributed by atoms with E-state index in [0.717, 1.165) is 12.1 Å². The number of anilines is 1. The first-order valence-electron chi connectivity index (χ1n) is 7.56. The van der Waals surface area contributed by atoms with Gasteiger partial charge in [0, 0.05) is 17.8 Å². The van der Waals surface area contributed by atoms with Crippen LogP contribution >= 0.6 is 0 Å². The number of hydrogen-bond donors (Lipinski definition) is 2. The highest BCUT2D eigenvalue weighted by Crippen LogP contribution is 2.16. The van der Waals surface area contributed by atoms with Crippen molar-refractivity contribution in [2.24, 2.45) is 0 Å². The first-order chi connectivity index (χ1) is 12.5. The van der Waals surface area contributed by atoms with Crippen molar-refractivity contribution in [3.05, 3.63) is 83.6 Å². The number of nitrogens with zero attached hydrogens (tertiary/aromatic N) is 1. The van der Waals surface area contributed by atoms with Crippen LogP contribution in [0.3, 0.4) is 0 Å². The lowest BCUT2D eigenvalue weighted by Crippen LogP contribution is -2.24. The fraction of sp³-hybridized carbons (Fsp3) is 0.0556. The van der Waals surface area contributed by atoms with Crippen molar-refractivity contribution < 1.29 is 22.8 Å². The van der Waals surface area contributed by atoms with Crippen LogP contribution in [0.25, 0.3) is 0 Å². The Morgan fingerprint density at radius 3 is 2.65 bits per heavy atom. The largest absolute Gasteiger partial charge is 0.467 e. The molecule has 1 aromatic carbocycles. The predicted octanol–water partition coefficient (Wildman–Crippen LogP) is 3.14. The summed E-state index contributed by atoms with van der Waals surface area (Å²) in [5.41, 5.74) is -0.0484. The highest BCUT2D eigenvalue weighted by molar-refractivity contribution is 6.05. The molecule has 2 amide bonds. The van der Waals surface area contributed by atoms with Gasteiger partial charge in [0.25, 0.3) is 11.8 Å². The van der Waals surface area contributed by atoms with Crippen LogP contribution in [-0.2, 0) is 6.54 Å². The minimum atomic E-state index is -0.899. The zero-order chi connectivity index (χ0) is 18.5. The molecule has 2 N–H and O–H groups in total. The standard InChI is InChI=1S/C18H13F2N3O3/c19-12-3-4-15(14(20)9-12)23-17(24)11-5-6-21-16(8-11)18(25)22-10-13-2-1-7-26-13/h1-9H,10H2,(H,22,25)(H,23,24). The van der Waals surface area contributed by atoms with Crippen molar-refractivity contribution in [1.29, 1.82) is 0 Å². The fourth-order valence-electron chi connectivity index (χ4n) is 2.15. The predicted molar refractivity (Wildman–Crippen MR) is 88.4 cm³/mol. The van der Waals surface area contributed by atoms with Crippen molar-refractivity contribution >= 4 is 17.5 Å². The zero-order valence-corrected chi connectivity index (χ0v) is 13.3. The van der Waals surface area contributed by atoms with Crippen molar-refractivity contribution in [1.82, 2.24) is 10.3 Å². The number of amides is 2. The van der Waals surface area contributed by atoms with Crippen LogP contribution in [0.4, 0.5) is 14.5 Å². The van der Waals surface area contributed by atoms with Gasteiger partial charge in [-0.3, -0.25) is 14.6 Å². The SMILES string of the molecule is O=C(Nc1ccc(F)cc1F)c1ccnc(C(=O)NCc2ccco2)c1. The number of aromatic nitrogens is 1. The second-order valence-corrected chi connectivity index (χ2v) is 5.27. The summed E-state index contributed by atoms with van der Waals surface area (Å²) in [6, 6.07) is 8.84. The van der Waals surface area contributed by atoms with Crippen LogP contribution in [0.15, 0.2) is 59.3 Å². The van der Waals surface area contributed by atoms with Crippen molar-refractivity contribution in [2.75, 3.05) is 5.32 Å². The Balaban J connectivity index is 1.69. The number of nitrogens with one attached hydrogen (secondary N) is 2. The molecule has 2 heterocycles. The van der Waals surface area contributed by atoms with Crippen LogP contribution in [0, 0.1) is 11.6 Å². The maximum Gasteiger partial charge on any atom is 0.270 e. The van der Waals surface area contributed by atoms with Crippen LogP contribution in [0.2, 0.25) is 0 Å². The van der Waals surface area contributed by atoms with Gasteiger partial charge in [0.1, 0.15) is 23.1 Å². The van der Waals surface area contributed by atoms with E-state index >= 15 is 0 Å². The Morgan fingerprint density at radius 2 is 1.92 bits per heavy atom. The van der Waals surface area contributed by atoms with Gasteiger partial charge in [-0.1, -0.05) is 0 Å². The molecular formula is C18H13F2N3O3. The summed E-state index contributed by atoms with van der Waals surface area (Å²) in [7, 11) is 0. The van der Waals surface area contributed by atoms with Gasteiger partial charge in [0.05, 0.1) is 18.5 Å². The molecule has 0 aliphatic rings. The number of rotatable bonds is 5. The molecule has 0 spiro atoms. The summed E-state index contributed by atoms with van der Waals surface area (Å²) in [4.78, 5) is 28.3. The second kappa shape index (κ2) is 7.56. The van der Waals surface area contributed by atoms with E-state index < -0.39 is 23.4 Å². The Labute approximate surface area is 146 Å². The fourth-order valence-corrected chi connectivity index (χ4v) is 2.15. The lowest BCUT2D eigenvalue weighted by atomic mass is 10.2. The maximum atomic E-state index is 13.6. The number of carbonyl (C=O) groups excluding carboxylic acids is 2. The number of hydrogen-bond acceptors (Lipinski definition) is 4. The van der Waals surface area contributed by atoms with Gasteiger partial charge in [-0.05, 0) is 36.4 Å². The Morgan fingerprint density at radius 1 is 1.08 bits per heavy atom. The molecule has 0 atom stereocenters. The van der Waals surface area contributed by atoms with Crippen LogP contribution < -0.4 is 10.6 Å². The molecule has 0 unspecified atom stereocenters. The van der Waals surface area contributed by atoms with Crippen LogP contribution in [0.5, 0.6) is 0 Å². The summed E-state index contributed by atoms with van der Waals surface area (Å²) in [5, 5.41) is 4.92. The van der Waals surface area contributed by atoms with E-state index in [1.165, 1.54) is 24.6 Å². The van der Waals surface area contributed by atoms with E-state index in [4.69, 9.17) is 4.42 Å². The van der Waals surface area contributed by atoms with E-state index in [1.807, 2.05) is 0 Å². The molecule has 0 saturated heterocycles. The molecule has 3 rings (SSSR count). The summed E-state index contributed by atoms with van der Waals surface area (Å²) < 4.78 is 31.6. The third kappa shape index (κ3) is 4.10. The highest BCUT2D eigenvalue weighted by atomic mass is 19.1. The third-order valence-electron chi connectivity index (χ3n) is 3.44. The molecule has 8 heteroatoms. The monoisotopic (exact) mass is 357 g/mol. The van der Waals surface area contributed by atoms with Crippen molar-refractivity contribution in [2.45, 2.75) is 6.54 Å². The lowest BCUT2D eigenvalue weighted by Gasteiger charge is -2.08. The smallest absolute Gasteiger partial charge is 0.270 e. The Bertz CT molecular complexity index is 943. The molecule has 0 bridgehead atoms. The normalized spacial score (nSPS) is 10.4. The van der Waals surface area contributed by atoms with E-state index in [0.29, 0.717) is 11.8 Å². The molecule has 2 aromatic heterocycles. The van der Waals surface area contributed by atoms with E-state index in [1.54, 1.807) is 12.1 Å². The average Bonchev–Trinajstić information content (AvgIpc) is 3.15. The van der Waals surface area contributed by atoms with Gasteiger partial charge in [0.15, 0.2) is 0 Å². The van der Waals surface area contributed by atoms with E-state index in [2.05, 4.69) is 15.6 Å². The Kier molecular flexibility index (Phi) is 5.02. The van der Waals surface area contributed by atoms with Gasteiger partial charge in [-0.15, -0.1) is 0 Å². The maximum absolute atomic E-state index is 13.6. The zero-order valence-electron chi connectivity index (χ0n) is 13.3. The lowest BCUT2D eigenvalue weighted by molar-refractivity contribution is 0.0943. The molecule has 0 aliphatic carbocycles. The second-order valence-electron chi connectivity index (χ2n) is 5.27. The summed E-state index contributed by atoms with van der Waals surface area (Å²) in [6.07, 6.45) is 2.77. The van der Waals surface area contributed by atoms with E-state index in [-0.39, 0.29) is 23.5 Å². The summed E-state index contributed by atoms with van der Waals surface area (Å²) in [5.74, 6) is -2.23. The molecule has 0 fully saturated rings. The molecular weight excluding hydrogens is 344 g/mol. The number of furan rings is 1. The molecule has 0 saturated carbocycles. The first kappa shape index (κ1) is 17.3. The molecule has 0 radical (unpaired) electrons. The van der Waals surface area contributed by atoms with Crippen LogP contribution in [-0.4, -0.2) is 16.8 Å². The highest BCUT2D eigenvalue weighted by Gasteiger charge is 2.14. The molecule has 3 aromatic rings. The molecule has 6 nitrogen and oxygen atoms in total. The molecule has 0 aliphatic heterocycles. The van der Waals surface area contributed by atoms with Gasteiger partial charge in [0.2, 0.25) is 0 Å². The summed E-state index contributed by atoms with van der Waals surface area (Å²) in [6.45, 7) is 0.171. The van der Waals surface area contributed by atoms with Gasteiger partial charge < -0.3 is 15.1 Å². The topological polar surface area (TPSA) is 84.2 Å². The number of pyridine rings is 1. The first-order valence-corrected chi connectivity index (χ1v) is 7.56. The van der Waals surface area contributed by atoms with Crippen molar-refractivity contribution in [3.63, 3.8) is 0 Å². The third-order valence-corrected chi connectivity index (χ3v) is 3.44. The minimum absolute atomic E-state index is 0.0174. The molecule has 132 valence electrons. The minimum Gasteiger partial charge on any atom is -0.467 e. The van der Waals surface area contributed by atoms with Gasteiger partial charge in [-0.25, -0.2) is 8.78 Å². The quantitative estimate of drug-likeness (QED) is 0.735. The number of benzene rings is 1. The molecule has 26 heavy (non-hydrogen) atoms. The summed E-state index contributed by atoms with van der Waals surface area (Å²) >= 11 is 0.